The Bertz CT molecular complexity index is 745. The smallest absolute Gasteiger partial charge is 0.336 e. The summed E-state index contributed by atoms with van der Waals surface area (Å²) in [5, 5.41) is 10.9. The van der Waals surface area contributed by atoms with E-state index < -0.39 is 22.8 Å². The average molecular weight is 360 g/mol. The number of methoxy groups -OCH3 is 2. The lowest BCUT2D eigenvalue weighted by atomic mass is 9.83. The Morgan fingerprint density at radius 3 is 1.85 bits per heavy atom. The average Bonchev–Trinajstić information content (AvgIpc) is 2.65. The molecule has 0 aromatic heterocycles. The molecule has 0 saturated heterocycles. The van der Waals surface area contributed by atoms with Crippen LogP contribution in [0.2, 0.25) is 0 Å². The number of nitro benzene ring substituents is 1. The van der Waals surface area contributed by atoms with Gasteiger partial charge in [-0.1, -0.05) is 12.1 Å². The molecule has 0 saturated carbocycles. The highest BCUT2D eigenvalue weighted by molar-refractivity contribution is 5.98. The Labute approximate surface area is 150 Å². The van der Waals surface area contributed by atoms with Crippen molar-refractivity contribution in [2.75, 3.05) is 14.2 Å². The highest BCUT2D eigenvalue weighted by Crippen LogP contribution is 2.38. The molecule has 138 valence electrons. The van der Waals surface area contributed by atoms with E-state index in [0.717, 1.165) is 0 Å². The van der Waals surface area contributed by atoms with E-state index in [1.807, 2.05) is 13.8 Å². The topological polar surface area (TPSA) is 99.0 Å². The zero-order chi connectivity index (χ0) is 19.4. The quantitative estimate of drug-likeness (QED) is 0.452. The number of esters is 2. The summed E-state index contributed by atoms with van der Waals surface area (Å²) in [6.45, 7) is 3.81. The summed E-state index contributed by atoms with van der Waals surface area (Å²) in [6.07, 6.45) is 3.24. The lowest BCUT2D eigenvalue weighted by Crippen LogP contribution is -2.31. The van der Waals surface area contributed by atoms with Crippen LogP contribution in [0.4, 0.5) is 5.69 Å². The van der Waals surface area contributed by atoms with Crippen LogP contribution in [0.3, 0.4) is 0 Å². The van der Waals surface area contributed by atoms with E-state index in [-0.39, 0.29) is 22.9 Å². The van der Waals surface area contributed by atoms with Gasteiger partial charge in [0.1, 0.15) is 0 Å². The van der Waals surface area contributed by atoms with E-state index in [0.29, 0.717) is 5.56 Å². The molecule has 1 aromatic carbocycles. The molecule has 0 bridgehead atoms. The van der Waals surface area contributed by atoms with Gasteiger partial charge in [-0.2, -0.15) is 0 Å². The van der Waals surface area contributed by atoms with Gasteiger partial charge in [-0.15, -0.1) is 0 Å². The second-order valence-electron chi connectivity index (χ2n) is 5.97. The summed E-state index contributed by atoms with van der Waals surface area (Å²) < 4.78 is 9.74. The maximum atomic E-state index is 12.3. The Hall–Kier alpha value is -3.16. The molecule has 1 aliphatic heterocycles. The van der Waals surface area contributed by atoms with Gasteiger partial charge in [-0.25, -0.2) is 9.59 Å². The second kappa shape index (κ2) is 7.81. The zero-order valence-electron chi connectivity index (χ0n) is 15.0. The molecular weight excluding hydrogens is 340 g/mol. The molecule has 0 unspecified atom stereocenters. The summed E-state index contributed by atoms with van der Waals surface area (Å²) >= 11 is 0. The van der Waals surface area contributed by atoms with E-state index in [1.165, 1.54) is 38.5 Å². The molecule has 1 heterocycles. The van der Waals surface area contributed by atoms with Crippen LogP contribution < -0.4 is 0 Å². The number of carbonyl (C=O) groups excluding carboxylic acids is 2. The first-order chi connectivity index (χ1) is 12.3. The molecule has 0 N–H and O–H groups in total. The Kier molecular flexibility index (Phi) is 5.76. The van der Waals surface area contributed by atoms with Gasteiger partial charge in [0.2, 0.25) is 0 Å². The number of hydrogen-bond donors (Lipinski definition) is 0. The molecule has 1 aliphatic rings. The lowest BCUT2D eigenvalue weighted by molar-refractivity contribution is -0.384. The predicted octanol–water partition coefficient (Wildman–Crippen LogP) is 2.52. The van der Waals surface area contributed by atoms with Crippen LogP contribution >= 0.6 is 0 Å². The number of nitrogens with zero attached hydrogens (tertiary/aromatic N) is 2. The van der Waals surface area contributed by atoms with Crippen LogP contribution in [0.5, 0.6) is 0 Å². The number of carbonyl (C=O) groups is 2. The van der Waals surface area contributed by atoms with Gasteiger partial charge in [0.15, 0.2) is 0 Å². The lowest BCUT2D eigenvalue weighted by Gasteiger charge is -2.32. The van der Waals surface area contributed by atoms with E-state index in [1.54, 1.807) is 17.3 Å². The first-order valence-electron chi connectivity index (χ1n) is 7.92. The van der Waals surface area contributed by atoms with E-state index >= 15 is 0 Å². The summed E-state index contributed by atoms with van der Waals surface area (Å²) in [6, 6.07) is 5.68. The normalized spacial score (nSPS) is 14.6. The van der Waals surface area contributed by atoms with Crippen LogP contribution in [-0.4, -0.2) is 42.0 Å². The Balaban J connectivity index is 2.60. The number of rotatable bonds is 5. The van der Waals surface area contributed by atoms with Crippen LogP contribution in [0.25, 0.3) is 0 Å². The third-order valence-corrected chi connectivity index (χ3v) is 4.07. The van der Waals surface area contributed by atoms with Crippen molar-refractivity contribution in [1.82, 2.24) is 4.90 Å². The molecule has 0 atom stereocenters. The van der Waals surface area contributed by atoms with Gasteiger partial charge < -0.3 is 14.4 Å². The fourth-order valence-electron chi connectivity index (χ4n) is 2.70. The van der Waals surface area contributed by atoms with E-state index in [2.05, 4.69) is 0 Å². The third-order valence-electron chi connectivity index (χ3n) is 4.07. The SMILES string of the molecule is COC(=O)C1=CN(C(C)C)C=C(C(=O)OC)C1c1ccc([N+](=O)[O-])cc1. The molecule has 0 fully saturated rings. The molecule has 1 aromatic rings. The minimum atomic E-state index is -0.745. The van der Waals surface area contributed by atoms with Gasteiger partial charge in [-0.3, -0.25) is 10.1 Å². The maximum absolute atomic E-state index is 12.3. The van der Waals surface area contributed by atoms with Crippen LogP contribution in [0.15, 0.2) is 47.8 Å². The molecule has 8 heteroatoms. The summed E-state index contributed by atoms with van der Waals surface area (Å²) in [5.74, 6) is -1.92. The minimum Gasteiger partial charge on any atom is -0.466 e. The fraction of sp³-hybridized carbons (Fsp3) is 0.333. The molecule has 2 rings (SSSR count). The largest absolute Gasteiger partial charge is 0.466 e. The zero-order valence-corrected chi connectivity index (χ0v) is 15.0. The highest BCUT2D eigenvalue weighted by Gasteiger charge is 2.35. The third kappa shape index (κ3) is 3.74. The van der Waals surface area contributed by atoms with Crippen molar-refractivity contribution < 1.29 is 24.0 Å². The summed E-state index contributed by atoms with van der Waals surface area (Å²) in [4.78, 5) is 36.8. The summed E-state index contributed by atoms with van der Waals surface area (Å²) in [7, 11) is 2.51. The predicted molar refractivity (Wildman–Crippen MR) is 93.0 cm³/mol. The fourth-order valence-corrected chi connectivity index (χ4v) is 2.70. The molecular formula is C18H20N2O6. The van der Waals surface area contributed by atoms with Crippen LogP contribution in [0.1, 0.15) is 25.3 Å². The molecule has 0 aliphatic carbocycles. The summed E-state index contributed by atoms with van der Waals surface area (Å²) in [5.41, 5.74) is 0.962. The monoisotopic (exact) mass is 360 g/mol. The first-order valence-corrected chi connectivity index (χ1v) is 7.92. The van der Waals surface area contributed by atoms with Gasteiger partial charge in [0.25, 0.3) is 5.69 Å². The Morgan fingerprint density at radius 2 is 1.50 bits per heavy atom. The van der Waals surface area contributed by atoms with Crippen LogP contribution in [0, 0.1) is 10.1 Å². The standard InChI is InChI=1S/C18H20N2O6/c1-11(2)19-9-14(17(21)25-3)16(15(10-19)18(22)26-4)12-5-7-13(8-6-12)20(23)24/h5-11,16H,1-4H3. The van der Waals surface area contributed by atoms with Gasteiger partial charge in [0.05, 0.1) is 36.2 Å². The molecule has 8 nitrogen and oxygen atoms in total. The number of ether oxygens (including phenoxy) is 2. The highest BCUT2D eigenvalue weighted by atomic mass is 16.6. The van der Waals surface area contributed by atoms with Gasteiger partial charge >= 0.3 is 11.9 Å². The minimum absolute atomic E-state index is 0.00729. The van der Waals surface area contributed by atoms with E-state index in [4.69, 9.17) is 9.47 Å². The van der Waals surface area contributed by atoms with E-state index in [9.17, 15) is 19.7 Å². The van der Waals surface area contributed by atoms with Crippen molar-refractivity contribution in [2.24, 2.45) is 0 Å². The van der Waals surface area contributed by atoms with Crippen molar-refractivity contribution in [3.05, 3.63) is 63.5 Å². The number of nitro groups is 1. The molecule has 26 heavy (non-hydrogen) atoms. The van der Waals surface area contributed by atoms with Crippen molar-refractivity contribution in [1.29, 1.82) is 0 Å². The molecule has 0 amide bonds. The second-order valence-corrected chi connectivity index (χ2v) is 5.97. The number of hydrogen-bond acceptors (Lipinski definition) is 7. The maximum Gasteiger partial charge on any atom is 0.336 e. The van der Waals surface area contributed by atoms with Gasteiger partial charge in [-0.05, 0) is 19.4 Å². The van der Waals surface area contributed by atoms with Crippen molar-refractivity contribution in [3.8, 4) is 0 Å². The molecule has 0 radical (unpaired) electrons. The van der Waals surface area contributed by atoms with Crippen molar-refractivity contribution in [2.45, 2.75) is 25.8 Å². The first kappa shape index (κ1) is 19.2. The number of benzene rings is 1. The number of non-ortho nitro benzene ring substituents is 1. The molecule has 0 spiro atoms. The van der Waals surface area contributed by atoms with Crippen LogP contribution in [-0.2, 0) is 19.1 Å². The van der Waals surface area contributed by atoms with Gasteiger partial charge in [0, 0.05) is 30.6 Å². The van der Waals surface area contributed by atoms with Crippen molar-refractivity contribution >= 4 is 17.6 Å². The van der Waals surface area contributed by atoms with Crippen molar-refractivity contribution in [3.63, 3.8) is 0 Å². The Morgan fingerprint density at radius 1 is 1.04 bits per heavy atom.